The van der Waals surface area contributed by atoms with E-state index in [9.17, 15) is 8.42 Å². The Kier molecular flexibility index (Phi) is 5.11. The second kappa shape index (κ2) is 6.50. The van der Waals surface area contributed by atoms with Gasteiger partial charge in [-0.1, -0.05) is 12.8 Å². The van der Waals surface area contributed by atoms with Gasteiger partial charge in [0, 0.05) is 18.6 Å². The number of nitrogens with zero attached hydrogens (tertiary/aromatic N) is 1. The quantitative estimate of drug-likeness (QED) is 0.928. The molecule has 1 aliphatic rings. The van der Waals surface area contributed by atoms with Gasteiger partial charge in [0.05, 0.1) is 6.54 Å². The minimum atomic E-state index is -3.48. The Morgan fingerprint density at radius 2 is 1.76 bits per heavy atom. The zero-order valence-corrected chi connectivity index (χ0v) is 14.0. The first-order valence-electron chi connectivity index (χ1n) is 7.63. The molecule has 0 bridgehead atoms. The zero-order valence-electron chi connectivity index (χ0n) is 13.2. The van der Waals surface area contributed by atoms with Crippen molar-refractivity contribution >= 4 is 10.0 Å². The lowest BCUT2D eigenvalue weighted by Crippen LogP contribution is -2.35. The van der Waals surface area contributed by atoms with Crippen LogP contribution >= 0.6 is 0 Å². The fraction of sp³-hybridized carbons (Fsp3) is 0.733. The third kappa shape index (κ3) is 4.56. The molecule has 1 aromatic rings. The molecule has 0 radical (unpaired) electrons. The average Bonchev–Trinajstić information content (AvgIpc) is 2.70. The normalized spacial score (nSPS) is 18.6. The first kappa shape index (κ1) is 16.5. The minimum absolute atomic E-state index is 0.0311. The molecular weight excluding hydrogens is 288 g/mol. The van der Waals surface area contributed by atoms with Crippen LogP contribution in [-0.4, -0.2) is 31.4 Å². The van der Waals surface area contributed by atoms with Crippen molar-refractivity contribution in [3.8, 4) is 0 Å². The van der Waals surface area contributed by atoms with Crippen LogP contribution in [0.4, 0.5) is 0 Å². The van der Waals surface area contributed by atoms with Gasteiger partial charge in [-0.25, -0.2) is 8.42 Å². The van der Waals surface area contributed by atoms with E-state index < -0.39 is 10.0 Å². The highest BCUT2D eigenvalue weighted by atomic mass is 32.2. The molecule has 6 heteroatoms. The highest BCUT2D eigenvalue weighted by Gasteiger charge is 2.28. The van der Waals surface area contributed by atoms with Gasteiger partial charge in [-0.2, -0.15) is 4.31 Å². The molecule has 0 atom stereocenters. The summed E-state index contributed by atoms with van der Waals surface area (Å²) in [4.78, 5) is 0. The predicted octanol–water partition coefficient (Wildman–Crippen LogP) is 2.73. The van der Waals surface area contributed by atoms with Gasteiger partial charge in [-0.05, 0) is 45.7 Å². The van der Waals surface area contributed by atoms with Crippen molar-refractivity contribution in [3.63, 3.8) is 0 Å². The molecule has 1 fully saturated rings. The average molecular weight is 314 g/mol. The molecular formula is C15H26N2O3S. The summed E-state index contributed by atoms with van der Waals surface area (Å²) in [6.45, 7) is 7.90. The molecule has 120 valence electrons. The third-order valence-corrected chi connectivity index (χ3v) is 5.36. The van der Waals surface area contributed by atoms with Gasteiger partial charge in [0.15, 0.2) is 0 Å². The van der Waals surface area contributed by atoms with E-state index in [-0.39, 0.29) is 10.6 Å². The van der Waals surface area contributed by atoms with Gasteiger partial charge in [0.1, 0.15) is 5.76 Å². The van der Waals surface area contributed by atoms with E-state index in [0.717, 1.165) is 25.7 Å². The summed E-state index contributed by atoms with van der Waals surface area (Å²) in [7, 11) is -3.48. The van der Waals surface area contributed by atoms with E-state index in [1.807, 2.05) is 0 Å². The summed E-state index contributed by atoms with van der Waals surface area (Å²) in [6.07, 6.45) is 4.06. The van der Waals surface area contributed by atoms with Crippen molar-refractivity contribution in [2.75, 3.05) is 13.1 Å². The standard InChI is InChI=1S/C15H26N2O3S/c1-15(2,3)16-12-13-8-9-14(20-13)21(18,19)17-10-6-4-5-7-11-17/h8-9,16H,4-7,10-12H2,1-3H3. The maximum atomic E-state index is 12.6. The summed E-state index contributed by atoms with van der Waals surface area (Å²) >= 11 is 0. The number of nitrogens with one attached hydrogen (secondary N) is 1. The van der Waals surface area contributed by atoms with Gasteiger partial charge in [0.25, 0.3) is 10.0 Å². The molecule has 0 amide bonds. The second-order valence-corrected chi connectivity index (χ2v) is 8.51. The Hall–Kier alpha value is -0.850. The SMILES string of the molecule is CC(C)(C)NCc1ccc(S(=O)(=O)N2CCCCCC2)o1. The number of hydrogen-bond acceptors (Lipinski definition) is 4. The van der Waals surface area contributed by atoms with Gasteiger partial charge in [-0.15, -0.1) is 0 Å². The van der Waals surface area contributed by atoms with E-state index in [2.05, 4.69) is 26.1 Å². The molecule has 0 saturated carbocycles. The van der Waals surface area contributed by atoms with Crippen LogP contribution in [0.15, 0.2) is 21.6 Å². The van der Waals surface area contributed by atoms with Crippen molar-refractivity contribution in [1.82, 2.24) is 9.62 Å². The third-order valence-electron chi connectivity index (χ3n) is 3.59. The Morgan fingerprint density at radius 1 is 1.14 bits per heavy atom. The number of furan rings is 1. The minimum Gasteiger partial charge on any atom is -0.447 e. The molecule has 2 heterocycles. The van der Waals surface area contributed by atoms with Crippen LogP contribution in [0.25, 0.3) is 0 Å². The van der Waals surface area contributed by atoms with Crippen LogP contribution in [0.2, 0.25) is 0 Å². The smallest absolute Gasteiger partial charge is 0.276 e. The van der Waals surface area contributed by atoms with E-state index in [1.54, 1.807) is 16.4 Å². The molecule has 0 unspecified atom stereocenters. The fourth-order valence-corrected chi connectivity index (χ4v) is 3.80. The Labute approximate surface area is 127 Å². The van der Waals surface area contributed by atoms with Gasteiger partial charge in [-0.3, -0.25) is 0 Å². The van der Waals surface area contributed by atoms with Crippen molar-refractivity contribution < 1.29 is 12.8 Å². The van der Waals surface area contributed by atoms with Crippen LogP contribution in [0, 0.1) is 0 Å². The predicted molar refractivity (Wildman–Crippen MR) is 82.5 cm³/mol. The van der Waals surface area contributed by atoms with Crippen molar-refractivity contribution in [3.05, 3.63) is 17.9 Å². The second-order valence-electron chi connectivity index (χ2n) is 6.64. The van der Waals surface area contributed by atoms with Crippen LogP contribution in [0.1, 0.15) is 52.2 Å². The number of hydrogen-bond donors (Lipinski definition) is 1. The molecule has 1 aromatic heterocycles. The highest BCUT2D eigenvalue weighted by Crippen LogP contribution is 2.22. The molecule has 0 aromatic carbocycles. The molecule has 1 aliphatic heterocycles. The molecule has 1 N–H and O–H groups in total. The van der Waals surface area contributed by atoms with E-state index in [0.29, 0.717) is 25.4 Å². The van der Waals surface area contributed by atoms with Gasteiger partial charge in [0.2, 0.25) is 5.09 Å². The summed E-state index contributed by atoms with van der Waals surface area (Å²) < 4.78 is 32.2. The summed E-state index contributed by atoms with van der Waals surface area (Å²) in [6, 6.07) is 3.31. The van der Waals surface area contributed by atoms with E-state index in [4.69, 9.17) is 4.42 Å². The Bertz CT molecular complexity index is 550. The molecule has 21 heavy (non-hydrogen) atoms. The van der Waals surface area contributed by atoms with Crippen LogP contribution < -0.4 is 5.32 Å². The summed E-state index contributed by atoms with van der Waals surface area (Å²) in [5.41, 5.74) is -0.0311. The van der Waals surface area contributed by atoms with Crippen molar-refractivity contribution in [2.45, 2.75) is 63.6 Å². The topological polar surface area (TPSA) is 62.6 Å². The van der Waals surface area contributed by atoms with Crippen molar-refractivity contribution in [2.24, 2.45) is 0 Å². The molecule has 0 aliphatic carbocycles. The summed E-state index contributed by atoms with van der Waals surface area (Å²) in [5, 5.41) is 3.36. The first-order valence-corrected chi connectivity index (χ1v) is 9.07. The van der Waals surface area contributed by atoms with Crippen LogP contribution in [-0.2, 0) is 16.6 Å². The lowest BCUT2D eigenvalue weighted by molar-refractivity contribution is 0.346. The van der Waals surface area contributed by atoms with Crippen LogP contribution in [0.5, 0.6) is 0 Å². The maximum Gasteiger partial charge on any atom is 0.276 e. The van der Waals surface area contributed by atoms with E-state index >= 15 is 0 Å². The molecule has 0 spiro atoms. The van der Waals surface area contributed by atoms with Gasteiger partial charge >= 0.3 is 0 Å². The highest BCUT2D eigenvalue weighted by molar-refractivity contribution is 7.89. The first-order chi connectivity index (χ1) is 9.79. The molecule has 1 saturated heterocycles. The lowest BCUT2D eigenvalue weighted by Gasteiger charge is -2.19. The molecule has 2 rings (SSSR count). The van der Waals surface area contributed by atoms with E-state index in [1.165, 1.54) is 0 Å². The lowest BCUT2D eigenvalue weighted by atomic mass is 10.1. The van der Waals surface area contributed by atoms with Crippen LogP contribution in [0.3, 0.4) is 0 Å². The summed E-state index contributed by atoms with van der Waals surface area (Å²) in [5.74, 6) is 0.651. The van der Waals surface area contributed by atoms with Crippen molar-refractivity contribution in [1.29, 1.82) is 0 Å². The zero-order chi connectivity index (χ0) is 15.5. The maximum absolute atomic E-state index is 12.6. The van der Waals surface area contributed by atoms with Gasteiger partial charge < -0.3 is 9.73 Å². The number of sulfonamides is 1. The monoisotopic (exact) mass is 314 g/mol. The number of rotatable bonds is 4. The molecule has 5 nitrogen and oxygen atoms in total. The largest absolute Gasteiger partial charge is 0.447 e. The fourth-order valence-electron chi connectivity index (χ4n) is 2.35. The Balaban J connectivity index is 2.08. The Morgan fingerprint density at radius 3 is 2.33 bits per heavy atom.